The van der Waals surface area contributed by atoms with E-state index < -0.39 is 0 Å². The van der Waals surface area contributed by atoms with Crippen molar-refractivity contribution in [3.8, 4) is 0 Å². The number of rotatable bonds is 3. The maximum Gasteiger partial charge on any atom is 0.231 e. The minimum atomic E-state index is -0.110. The van der Waals surface area contributed by atoms with E-state index in [9.17, 15) is 4.79 Å². The lowest BCUT2D eigenvalue weighted by molar-refractivity contribution is -0.114. The van der Waals surface area contributed by atoms with E-state index in [-0.39, 0.29) is 11.9 Å². The highest BCUT2D eigenvalue weighted by atomic mass is 16.1. The fraction of sp³-hybridized carbons (Fsp3) is 0.0909. The number of aromatic nitrogens is 3. The molecule has 0 saturated carbocycles. The van der Waals surface area contributed by atoms with E-state index in [2.05, 4.69) is 25.6 Å². The number of hydrogen-bond donors (Lipinski definition) is 3. The summed E-state index contributed by atoms with van der Waals surface area (Å²) < 4.78 is 0. The molecule has 7 heteroatoms. The van der Waals surface area contributed by atoms with Gasteiger partial charge in [-0.1, -0.05) is 0 Å². The van der Waals surface area contributed by atoms with Crippen LogP contribution in [-0.2, 0) is 4.79 Å². The zero-order valence-corrected chi connectivity index (χ0v) is 9.71. The van der Waals surface area contributed by atoms with Crippen LogP contribution in [0.5, 0.6) is 0 Å². The first-order valence-corrected chi connectivity index (χ1v) is 5.22. The molecule has 1 aromatic carbocycles. The molecule has 18 heavy (non-hydrogen) atoms. The Morgan fingerprint density at radius 1 is 1.17 bits per heavy atom. The lowest BCUT2D eigenvalue weighted by atomic mass is 10.3. The molecule has 92 valence electrons. The number of nitrogens with zero attached hydrogens (tertiary/aromatic N) is 3. The molecule has 0 fully saturated rings. The highest BCUT2D eigenvalue weighted by Gasteiger charge is 2.00. The Balaban J connectivity index is 2.08. The quantitative estimate of drug-likeness (QED) is 0.748. The number of anilines is 4. The molecular weight excluding hydrogens is 232 g/mol. The minimum Gasteiger partial charge on any atom is -0.368 e. The van der Waals surface area contributed by atoms with E-state index in [1.165, 1.54) is 13.3 Å². The Labute approximate surface area is 103 Å². The average Bonchev–Trinajstić information content (AvgIpc) is 2.31. The van der Waals surface area contributed by atoms with Crippen molar-refractivity contribution >= 4 is 29.2 Å². The van der Waals surface area contributed by atoms with E-state index in [0.29, 0.717) is 5.95 Å². The smallest absolute Gasteiger partial charge is 0.231 e. The Bertz CT molecular complexity index is 554. The van der Waals surface area contributed by atoms with Gasteiger partial charge in [0.2, 0.25) is 17.8 Å². The van der Waals surface area contributed by atoms with Crippen LogP contribution in [0.4, 0.5) is 23.3 Å². The van der Waals surface area contributed by atoms with E-state index in [1.807, 2.05) is 0 Å². The van der Waals surface area contributed by atoms with Gasteiger partial charge in [-0.3, -0.25) is 4.79 Å². The van der Waals surface area contributed by atoms with Crippen LogP contribution in [0.15, 0.2) is 30.6 Å². The van der Waals surface area contributed by atoms with Crippen LogP contribution in [0.25, 0.3) is 0 Å². The number of benzene rings is 1. The van der Waals surface area contributed by atoms with Gasteiger partial charge in [-0.25, -0.2) is 9.97 Å². The molecule has 1 aromatic heterocycles. The molecule has 1 heterocycles. The van der Waals surface area contributed by atoms with Crippen LogP contribution >= 0.6 is 0 Å². The summed E-state index contributed by atoms with van der Waals surface area (Å²) in [4.78, 5) is 22.4. The van der Waals surface area contributed by atoms with Gasteiger partial charge in [0, 0.05) is 18.3 Å². The lowest BCUT2D eigenvalue weighted by Gasteiger charge is -2.06. The van der Waals surface area contributed by atoms with Crippen LogP contribution in [0.1, 0.15) is 6.92 Å². The normalized spacial score (nSPS) is 9.83. The third kappa shape index (κ3) is 3.14. The van der Waals surface area contributed by atoms with E-state index in [1.54, 1.807) is 24.3 Å². The second-order valence-corrected chi connectivity index (χ2v) is 3.55. The molecule has 0 saturated heterocycles. The van der Waals surface area contributed by atoms with Crippen molar-refractivity contribution in [3.63, 3.8) is 0 Å². The topological polar surface area (TPSA) is 106 Å². The van der Waals surface area contributed by atoms with Crippen LogP contribution < -0.4 is 16.4 Å². The fourth-order valence-electron chi connectivity index (χ4n) is 1.34. The molecule has 0 aliphatic carbocycles. The molecule has 0 atom stereocenters. The van der Waals surface area contributed by atoms with Gasteiger partial charge in [0.1, 0.15) is 6.33 Å². The summed E-state index contributed by atoms with van der Waals surface area (Å²) >= 11 is 0. The van der Waals surface area contributed by atoms with E-state index in [0.717, 1.165) is 11.4 Å². The van der Waals surface area contributed by atoms with Gasteiger partial charge in [0.15, 0.2) is 0 Å². The summed E-state index contributed by atoms with van der Waals surface area (Å²) in [7, 11) is 0. The molecule has 2 rings (SSSR count). The number of hydrogen-bond acceptors (Lipinski definition) is 6. The highest BCUT2D eigenvalue weighted by molar-refractivity contribution is 5.88. The second-order valence-electron chi connectivity index (χ2n) is 3.55. The summed E-state index contributed by atoms with van der Waals surface area (Å²) in [6, 6.07) is 7.14. The van der Waals surface area contributed by atoms with Gasteiger partial charge in [0.05, 0.1) is 0 Å². The van der Waals surface area contributed by atoms with Gasteiger partial charge < -0.3 is 16.4 Å². The maximum atomic E-state index is 10.9. The molecule has 0 aliphatic heterocycles. The maximum absolute atomic E-state index is 10.9. The zero-order valence-electron chi connectivity index (χ0n) is 9.71. The fourth-order valence-corrected chi connectivity index (χ4v) is 1.34. The SMILES string of the molecule is CC(=O)Nc1ccc(Nc2ncnc(N)n2)cc1. The summed E-state index contributed by atoms with van der Waals surface area (Å²) in [5.74, 6) is 0.415. The largest absolute Gasteiger partial charge is 0.368 e. The third-order valence-corrected chi connectivity index (χ3v) is 2.05. The average molecular weight is 244 g/mol. The Morgan fingerprint density at radius 3 is 2.44 bits per heavy atom. The van der Waals surface area contributed by atoms with Crippen molar-refractivity contribution < 1.29 is 4.79 Å². The van der Waals surface area contributed by atoms with Crippen molar-refractivity contribution in [2.45, 2.75) is 6.92 Å². The number of carbonyl (C=O) groups excluding carboxylic acids is 1. The molecule has 0 radical (unpaired) electrons. The van der Waals surface area contributed by atoms with Crippen LogP contribution in [-0.4, -0.2) is 20.9 Å². The van der Waals surface area contributed by atoms with Crippen LogP contribution in [0.3, 0.4) is 0 Å². The summed E-state index contributed by atoms with van der Waals surface area (Å²) in [6.45, 7) is 1.46. The first-order valence-electron chi connectivity index (χ1n) is 5.22. The number of nitrogens with one attached hydrogen (secondary N) is 2. The summed E-state index contributed by atoms with van der Waals surface area (Å²) in [6.07, 6.45) is 1.33. The monoisotopic (exact) mass is 244 g/mol. The van der Waals surface area contributed by atoms with Crippen molar-refractivity contribution in [1.29, 1.82) is 0 Å². The van der Waals surface area contributed by atoms with Gasteiger partial charge in [-0.15, -0.1) is 0 Å². The van der Waals surface area contributed by atoms with Crippen LogP contribution in [0.2, 0.25) is 0 Å². The first-order chi connectivity index (χ1) is 8.63. The lowest BCUT2D eigenvalue weighted by Crippen LogP contribution is -2.05. The summed E-state index contributed by atoms with van der Waals surface area (Å²) in [5, 5.41) is 5.65. The Hall–Kier alpha value is -2.70. The number of amides is 1. The Morgan fingerprint density at radius 2 is 1.83 bits per heavy atom. The predicted molar refractivity (Wildman–Crippen MR) is 68.3 cm³/mol. The van der Waals surface area contributed by atoms with E-state index >= 15 is 0 Å². The molecule has 4 N–H and O–H groups in total. The molecule has 0 bridgehead atoms. The zero-order chi connectivity index (χ0) is 13.0. The first kappa shape index (κ1) is 11.8. The third-order valence-electron chi connectivity index (χ3n) is 2.05. The highest BCUT2D eigenvalue weighted by Crippen LogP contribution is 2.16. The van der Waals surface area contributed by atoms with Crippen molar-refractivity contribution in [3.05, 3.63) is 30.6 Å². The number of nitrogen functional groups attached to an aromatic ring is 1. The molecule has 2 aromatic rings. The summed E-state index contributed by atoms with van der Waals surface area (Å²) in [5.41, 5.74) is 6.95. The minimum absolute atomic E-state index is 0.110. The van der Waals surface area contributed by atoms with Gasteiger partial charge in [-0.05, 0) is 24.3 Å². The molecule has 1 amide bonds. The Kier molecular flexibility index (Phi) is 3.33. The number of nitrogens with two attached hydrogens (primary N) is 1. The standard InChI is InChI=1S/C11H12N6O/c1-7(18)15-8-2-4-9(5-3-8)16-11-14-6-13-10(12)17-11/h2-6H,1H3,(H,15,18)(H3,12,13,14,16,17). The van der Waals surface area contributed by atoms with Gasteiger partial charge in [-0.2, -0.15) is 4.98 Å². The van der Waals surface area contributed by atoms with Crippen molar-refractivity contribution in [2.75, 3.05) is 16.4 Å². The van der Waals surface area contributed by atoms with Crippen molar-refractivity contribution in [2.24, 2.45) is 0 Å². The van der Waals surface area contributed by atoms with Crippen molar-refractivity contribution in [1.82, 2.24) is 15.0 Å². The van der Waals surface area contributed by atoms with E-state index in [4.69, 9.17) is 5.73 Å². The predicted octanol–water partition coefficient (Wildman–Crippen LogP) is 1.16. The molecule has 7 nitrogen and oxygen atoms in total. The number of carbonyl (C=O) groups is 1. The van der Waals surface area contributed by atoms with Gasteiger partial charge in [0.25, 0.3) is 0 Å². The molecule has 0 aliphatic rings. The molecular formula is C11H12N6O. The van der Waals surface area contributed by atoms with Gasteiger partial charge >= 0.3 is 0 Å². The molecule has 0 spiro atoms. The molecule has 0 unspecified atom stereocenters. The van der Waals surface area contributed by atoms with Crippen LogP contribution in [0, 0.1) is 0 Å². The second kappa shape index (κ2) is 5.09.